The Morgan fingerprint density at radius 2 is 1.71 bits per heavy atom. The van der Waals surface area contributed by atoms with Crippen molar-refractivity contribution in [3.63, 3.8) is 0 Å². The van der Waals surface area contributed by atoms with Crippen molar-refractivity contribution in [2.24, 2.45) is 0 Å². The van der Waals surface area contributed by atoms with Crippen LogP contribution in [0.4, 0.5) is 0 Å². The Labute approximate surface area is 141 Å². The molecule has 0 aromatic heterocycles. The molecule has 1 N–H and O–H groups in total. The number of hydrogen-bond acceptors (Lipinski definition) is 3. The minimum absolute atomic E-state index is 0.281. The summed E-state index contributed by atoms with van der Waals surface area (Å²) in [4.78, 5) is 10.8. The molecule has 0 spiro atoms. The van der Waals surface area contributed by atoms with Crippen LogP contribution in [0, 0.1) is 11.3 Å². The van der Waals surface area contributed by atoms with Crippen LogP contribution < -0.4 is 4.74 Å². The van der Waals surface area contributed by atoms with Gasteiger partial charge in [0.25, 0.3) is 0 Å². The number of carboxylic acids is 1. The maximum absolute atomic E-state index is 10.8. The zero-order chi connectivity index (χ0) is 17.4. The van der Waals surface area contributed by atoms with E-state index in [9.17, 15) is 4.79 Å². The third kappa shape index (κ3) is 4.72. The average molecular weight is 321 g/mol. The minimum Gasteiger partial charge on any atom is -0.494 e. The Balaban J connectivity index is 2.11. The van der Waals surface area contributed by atoms with Crippen molar-refractivity contribution in [1.29, 1.82) is 5.26 Å². The molecule has 0 fully saturated rings. The molecule has 0 unspecified atom stereocenters. The lowest BCUT2D eigenvalue weighted by Gasteiger charge is -2.07. The van der Waals surface area contributed by atoms with Gasteiger partial charge in [0.2, 0.25) is 0 Å². The van der Waals surface area contributed by atoms with E-state index in [1.165, 1.54) is 6.08 Å². The van der Waals surface area contributed by atoms with Gasteiger partial charge in [-0.05, 0) is 41.3 Å². The van der Waals surface area contributed by atoms with E-state index in [4.69, 9.17) is 15.1 Å². The minimum atomic E-state index is -1.22. The van der Waals surface area contributed by atoms with Gasteiger partial charge in [-0.15, -0.1) is 0 Å². The lowest BCUT2D eigenvalue weighted by atomic mass is 10.0. The Hall–Kier alpha value is -3.06. The smallest absolute Gasteiger partial charge is 0.346 e. The summed E-state index contributed by atoms with van der Waals surface area (Å²) in [7, 11) is 0. The van der Waals surface area contributed by atoms with Crippen molar-refractivity contribution in [2.45, 2.75) is 19.8 Å². The molecule has 122 valence electrons. The molecule has 0 heterocycles. The van der Waals surface area contributed by atoms with Crippen LogP contribution in [-0.2, 0) is 4.79 Å². The van der Waals surface area contributed by atoms with Crippen LogP contribution in [0.15, 0.2) is 54.1 Å². The Bertz CT molecular complexity index is 753. The lowest BCUT2D eigenvalue weighted by Crippen LogP contribution is -1.97. The first kappa shape index (κ1) is 17.3. The predicted octanol–water partition coefficient (Wildman–Crippen LogP) is 4.52. The summed E-state index contributed by atoms with van der Waals surface area (Å²) in [5.74, 6) is -0.368. The van der Waals surface area contributed by atoms with Crippen molar-refractivity contribution < 1.29 is 14.6 Å². The zero-order valence-electron chi connectivity index (χ0n) is 13.5. The molecular formula is C20H19NO3. The van der Waals surface area contributed by atoms with Crippen LogP contribution in [0.5, 0.6) is 5.75 Å². The van der Waals surface area contributed by atoms with Crippen LogP contribution in [0.25, 0.3) is 17.2 Å². The fourth-order valence-corrected chi connectivity index (χ4v) is 2.16. The Kier molecular flexibility index (Phi) is 6.16. The number of nitriles is 1. The van der Waals surface area contributed by atoms with Crippen molar-refractivity contribution in [1.82, 2.24) is 0 Å². The highest BCUT2D eigenvalue weighted by molar-refractivity contribution is 5.96. The van der Waals surface area contributed by atoms with Gasteiger partial charge in [-0.1, -0.05) is 49.7 Å². The van der Waals surface area contributed by atoms with E-state index < -0.39 is 5.97 Å². The number of unbranched alkanes of at least 4 members (excludes halogenated alkanes) is 1. The van der Waals surface area contributed by atoms with Gasteiger partial charge in [0.1, 0.15) is 17.4 Å². The van der Waals surface area contributed by atoms with E-state index in [-0.39, 0.29) is 5.57 Å². The molecule has 4 nitrogen and oxygen atoms in total. The number of aliphatic carboxylic acids is 1. The summed E-state index contributed by atoms with van der Waals surface area (Å²) < 4.78 is 5.64. The van der Waals surface area contributed by atoms with Crippen LogP contribution in [0.2, 0.25) is 0 Å². The molecule has 24 heavy (non-hydrogen) atoms. The molecule has 0 aliphatic carbocycles. The number of ether oxygens (including phenoxy) is 1. The van der Waals surface area contributed by atoms with E-state index >= 15 is 0 Å². The number of nitrogens with zero attached hydrogens (tertiary/aromatic N) is 1. The molecule has 0 amide bonds. The summed E-state index contributed by atoms with van der Waals surface area (Å²) in [6.07, 6.45) is 3.50. The fourth-order valence-electron chi connectivity index (χ4n) is 2.16. The van der Waals surface area contributed by atoms with Crippen molar-refractivity contribution in [2.75, 3.05) is 6.61 Å². The molecule has 4 heteroatoms. The van der Waals surface area contributed by atoms with E-state index in [2.05, 4.69) is 6.92 Å². The van der Waals surface area contributed by atoms with Crippen LogP contribution in [-0.4, -0.2) is 17.7 Å². The quantitative estimate of drug-likeness (QED) is 0.462. The van der Waals surface area contributed by atoms with Gasteiger partial charge in [0.05, 0.1) is 6.61 Å². The predicted molar refractivity (Wildman–Crippen MR) is 93.5 cm³/mol. The molecule has 0 saturated heterocycles. The van der Waals surface area contributed by atoms with Gasteiger partial charge in [0.15, 0.2) is 0 Å². The maximum atomic E-state index is 10.8. The lowest BCUT2D eigenvalue weighted by molar-refractivity contribution is -0.132. The largest absolute Gasteiger partial charge is 0.494 e. The fraction of sp³-hybridized carbons (Fsp3) is 0.200. The molecule has 2 aromatic rings. The molecule has 0 atom stereocenters. The SMILES string of the molecule is CCCCOc1ccc(-c2ccc(/C=C(\C#N)C(=O)O)cc2)cc1. The van der Waals surface area contributed by atoms with E-state index in [0.717, 1.165) is 36.3 Å². The maximum Gasteiger partial charge on any atom is 0.346 e. The third-order valence-corrected chi connectivity index (χ3v) is 3.53. The average Bonchev–Trinajstić information content (AvgIpc) is 2.61. The number of carbonyl (C=O) groups is 1. The molecule has 0 radical (unpaired) electrons. The molecule has 0 bridgehead atoms. The van der Waals surface area contributed by atoms with E-state index in [1.54, 1.807) is 18.2 Å². The van der Waals surface area contributed by atoms with Crippen molar-refractivity contribution in [3.8, 4) is 22.9 Å². The van der Waals surface area contributed by atoms with Crippen LogP contribution in [0.1, 0.15) is 25.3 Å². The summed E-state index contributed by atoms with van der Waals surface area (Å²) in [6.45, 7) is 2.85. The highest BCUT2D eigenvalue weighted by atomic mass is 16.5. The molecule has 0 aliphatic rings. The molecular weight excluding hydrogens is 302 g/mol. The Morgan fingerprint density at radius 1 is 1.12 bits per heavy atom. The second kappa shape index (κ2) is 8.54. The highest BCUT2D eigenvalue weighted by Crippen LogP contribution is 2.23. The van der Waals surface area contributed by atoms with Gasteiger partial charge in [-0.3, -0.25) is 0 Å². The van der Waals surface area contributed by atoms with Crippen LogP contribution >= 0.6 is 0 Å². The van der Waals surface area contributed by atoms with E-state index in [0.29, 0.717) is 5.56 Å². The first-order chi connectivity index (χ1) is 11.6. The van der Waals surface area contributed by atoms with Gasteiger partial charge >= 0.3 is 5.97 Å². The summed E-state index contributed by atoms with van der Waals surface area (Å²) in [5.41, 5.74) is 2.46. The first-order valence-electron chi connectivity index (χ1n) is 7.82. The van der Waals surface area contributed by atoms with Crippen molar-refractivity contribution in [3.05, 3.63) is 59.7 Å². The molecule has 0 aliphatic heterocycles. The van der Waals surface area contributed by atoms with Gasteiger partial charge in [-0.25, -0.2) is 4.79 Å². The summed E-state index contributed by atoms with van der Waals surface area (Å²) in [6, 6.07) is 16.9. The highest BCUT2D eigenvalue weighted by Gasteiger charge is 2.05. The zero-order valence-corrected chi connectivity index (χ0v) is 13.5. The third-order valence-electron chi connectivity index (χ3n) is 3.53. The molecule has 0 saturated carbocycles. The monoisotopic (exact) mass is 321 g/mol. The topological polar surface area (TPSA) is 70.3 Å². The number of benzene rings is 2. The van der Waals surface area contributed by atoms with Crippen LogP contribution in [0.3, 0.4) is 0 Å². The Morgan fingerprint density at radius 3 is 2.21 bits per heavy atom. The summed E-state index contributed by atoms with van der Waals surface area (Å²) >= 11 is 0. The molecule has 2 rings (SSSR count). The van der Waals surface area contributed by atoms with Gasteiger partial charge in [-0.2, -0.15) is 5.26 Å². The van der Waals surface area contributed by atoms with Gasteiger partial charge < -0.3 is 9.84 Å². The van der Waals surface area contributed by atoms with Gasteiger partial charge in [0, 0.05) is 0 Å². The normalized spacial score (nSPS) is 10.9. The van der Waals surface area contributed by atoms with E-state index in [1.807, 2.05) is 36.4 Å². The number of rotatable bonds is 7. The standard InChI is InChI=1S/C20H19NO3/c1-2-3-12-24-19-10-8-17(9-11-19)16-6-4-15(5-7-16)13-18(14-21)20(22)23/h4-11,13H,2-3,12H2,1H3,(H,22,23)/b18-13+. The number of hydrogen-bond donors (Lipinski definition) is 1. The van der Waals surface area contributed by atoms with Crippen molar-refractivity contribution >= 4 is 12.0 Å². The first-order valence-corrected chi connectivity index (χ1v) is 7.82. The number of carboxylic acid groups (broad SMARTS) is 1. The second-order valence-corrected chi connectivity index (χ2v) is 5.32. The second-order valence-electron chi connectivity index (χ2n) is 5.32. The summed E-state index contributed by atoms with van der Waals surface area (Å²) in [5, 5.41) is 17.7. The molecule has 2 aromatic carbocycles.